The molecule has 148 valence electrons. The number of rotatable bonds is 4. The summed E-state index contributed by atoms with van der Waals surface area (Å²) in [5.41, 5.74) is 1.07. The van der Waals surface area contributed by atoms with E-state index in [1.54, 1.807) is 7.11 Å². The minimum atomic E-state index is -0.191. The zero-order valence-corrected chi connectivity index (χ0v) is 16.9. The number of piperazine rings is 1. The molecule has 0 N–H and O–H groups in total. The van der Waals surface area contributed by atoms with Gasteiger partial charge in [-0.1, -0.05) is 26.0 Å². The van der Waals surface area contributed by atoms with Gasteiger partial charge in [-0.05, 0) is 24.7 Å². The largest absolute Gasteiger partial charge is 0.497 e. The van der Waals surface area contributed by atoms with Crippen LogP contribution in [-0.4, -0.2) is 79.9 Å². The predicted molar refractivity (Wildman–Crippen MR) is 105 cm³/mol. The second kappa shape index (κ2) is 8.30. The Morgan fingerprint density at radius 2 is 1.78 bits per heavy atom. The molecule has 2 saturated heterocycles. The van der Waals surface area contributed by atoms with E-state index in [9.17, 15) is 9.59 Å². The summed E-state index contributed by atoms with van der Waals surface area (Å²) in [4.78, 5) is 32.0. The van der Waals surface area contributed by atoms with E-state index in [0.29, 0.717) is 13.1 Å². The second-order valence-electron chi connectivity index (χ2n) is 8.02. The minimum absolute atomic E-state index is 0.00922. The van der Waals surface area contributed by atoms with E-state index in [1.807, 2.05) is 47.9 Å². The van der Waals surface area contributed by atoms with Crippen molar-refractivity contribution in [1.82, 2.24) is 14.7 Å². The molecule has 27 heavy (non-hydrogen) atoms. The third-order valence-electron chi connectivity index (χ3n) is 5.78. The second-order valence-corrected chi connectivity index (χ2v) is 8.02. The minimum Gasteiger partial charge on any atom is -0.497 e. The molecule has 6 heteroatoms. The summed E-state index contributed by atoms with van der Waals surface area (Å²) >= 11 is 0. The molecule has 0 saturated carbocycles. The van der Waals surface area contributed by atoms with Gasteiger partial charge in [0.15, 0.2) is 0 Å². The molecular weight excluding hydrogens is 342 g/mol. The van der Waals surface area contributed by atoms with E-state index in [2.05, 4.69) is 11.9 Å². The van der Waals surface area contributed by atoms with Crippen LogP contribution in [0.2, 0.25) is 0 Å². The van der Waals surface area contributed by atoms with Crippen LogP contribution in [0.1, 0.15) is 25.3 Å². The third kappa shape index (κ3) is 4.26. The number of hydrogen-bond donors (Lipinski definition) is 0. The summed E-state index contributed by atoms with van der Waals surface area (Å²) in [5.74, 6) is 0.838. The average molecular weight is 373 g/mol. The predicted octanol–water partition coefficient (Wildman–Crippen LogP) is 1.67. The summed E-state index contributed by atoms with van der Waals surface area (Å²) in [7, 11) is 3.73. The first-order valence-electron chi connectivity index (χ1n) is 9.80. The van der Waals surface area contributed by atoms with Crippen molar-refractivity contribution in [2.75, 3.05) is 53.4 Å². The van der Waals surface area contributed by atoms with E-state index in [-0.39, 0.29) is 29.6 Å². The molecule has 0 aromatic heterocycles. The SMILES string of the molecule is COc1cccc(C2CN(C(=O)C(C)C)CC2C(=O)N2CCN(C)CC2)c1. The van der Waals surface area contributed by atoms with E-state index >= 15 is 0 Å². The molecule has 0 aliphatic carbocycles. The Bertz CT molecular complexity index is 683. The van der Waals surface area contributed by atoms with Gasteiger partial charge in [-0.15, -0.1) is 0 Å². The molecular formula is C21H31N3O3. The number of nitrogens with zero attached hydrogens (tertiary/aromatic N) is 3. The molecule has 2 aliphatic heterocycles. The van der Waals surface area contributed by atoms with Crippen LogP contribution in [-0.2, 0) is 9.59 Å². The zero-order valence-electron chi connectivity index (χ0n) is 16.9. The van der Waals surface area contributed by atoms with Crippen molar-refractivity contribution in [3.8, 4) is 5.75 Å². The fourth-order valence-electron chi connectivity index (χ4n) is 4.07. The van der Waals surface area contributed by atoms with Crippen molar-refractivity contribution in [2.45, 2.75) is 19.8 Å². The zero-order chi connectivity index (χ0) is 19.6. The fourth-order valence-corrected chi connectivity index (χ4v) is 4.07. The maximum Gasteiger partial charge on any atom is 0.228 e. The summed E-state index contributed by atoms with van der Waals surface area (Å²) in [6, 6.07) is 7.91. The first kappa shape index (κ1) is 19.7. The lowest BCUT2D eigenvalue weighted by molar-refractivity contribution is -0.138. The van der Waals surface area contributed by atoms with Gasteiger partial charge < -0.3 is 19.4 Å². The highest BCUT2D eigenvalue weighted by molar-refractivity contribution is 5.84. The number of likely N-dealkylation sites (N-methyl/N-ethyl adjacent to an activating group) is 1. The highest BCUT2D eigenvalue weighted by Gasteiger charge is 2.42. The van der Waals surface area contributed by atoms with Crippen LogP contribution < -0.4 is 4.74 Å². The highest BCUT2D eigenvalue weighted by atomic mass is 16.5. The van der Waals surface area contributed by atoms with Crippen LogP contribution in [0.15, 0.2) is 24.3 Å². The number of likely N-dealkylation sites (tertiary alicyclic amines) is 1. The number of ether oxygens (including phenoxy) is 1. The fraction of sp³-hybridized carbons (Fsp3) is 0.619. The molecule has 1 aromatic carbocycles. The van der Waals surface area contributed by atoms with Gasteiger partial charge in [0.25, 0.3) is 0 Å². The van der Waals surface area contributed by atoms with Crippen LogP contribution in [0, 0.1) is 11.8 Å². The van der Waals surface area contributed by atoms with Gasteiger partial charge in [0.2, 0.25) is 11.8 Å². The quantitative estimate of drug-likeness (QED) is 0.806. The molecule has 0 bridgehead atoms. The van der Waals surface area contributed by atoms with Crippen molar-refractivity contribution in [2.24, 2.45) is 11.8 Å². The monoisotopic (exact) mass is 373 g/mol. The molecule has 1 aromatic rings. The Morgan fingerprint density at radius 3 is 2.41 bits per heavy atom. The molecule has 2 atom stereocenters. The van der Waals surface area contributed by atoms with E-state index in [4.69, 9.17) is 4.74 Å². The summed E-state index contributed by atoms with van der Waals surface area (Å²) in [6.07, 6.45) is 0. The first-order chi connectivity index (χ1) is 12.9. The molecule has 2 unspecified atom stereocenters. The number of benzene rings is 1. The summed E-state index contributed by atoms with van der Waals surface area (Å²) < 4.78 is 5.37. The van der Waals surface area contributed by atoms with Crippen molar-refractivity contribution < 1.29 is 14.3 Å². The van der Waals surface area contributed by atoms with Gasteiger partial charge >= 0.3 is 0 Å². The maximum atomic E-state index is 13.3. The number of carbonyl (C=O) groups is 2. The number of amides is 2. The van der Waals surface area contributed by atoms with Crippen molar-refractivity contribution >= 4 is 11.8 Å². The maximum absolute atomic E-state index is 13.3. The molecule has 2 amide bonds. The topological polar surface area (TPSA) is 53.1 Å². The normalized spacial score (nSPS) is 23.7. The highest BCUT2D eigenvalue weighted by Crippen LogP contribution is 2.36. The number of hydrogen-bond acceptors (Lipinski definition) is 4. The molecule has 2 heterocycles. The summed E-state index contributed by atoms with van der Waals surface area (Å²) in [6.45, 7) is 8.24. The van der Waals surface area contributed by atoms with Crippen LogP contribution in [0.25, 0.3) is 0 Å². The Labute approximate surface area is 162 Å². The van der Waals surface area contributed by atoms with Crippen LogP contribution in [0.3, 0.4) is 0 Å². The smallest absolute Gasteiger partial charge is 0.228 e. The van der Waals surface area contributed by atoms with E-state index < -0.39 is 0 Å². The van der Waals surface area contributed by atoms with Crippen LogP contribution in [0.5, 0.6) is 5.75 Å². The van der Waals surface area contributed by atoms with Crippen LogP contribution in [0.4, 0.5) is 0 Å². The lowest BCUT2D eigenvalue weighted by Gasteiger charge is -2.35. The lowest BCUT2D eigenvalue weighted by atomic mass is 9.87. The van der Waals surface area contributed by atoms with Gasteiger partial charge in [0.1, 0.15) is 5.75 Å². The van der Waals surface area contributed by atoms with Gasteiger partial charge in [-0.3, -0.25) is 9.59 Å². The molecule has 2 fully saturated rings. The Kier molecular flexibility index (Phi) is 6.05. The van der Waals surface area contributed by atoms with Gasteiger partial charge in [0, 0.05) is 51.1 Å². The Morgan fingerprint density at radius 1 is 1.07 bits per heavy atom. The molecule has 6 nitrogen and oxygen atoms in total. The van der Waals surface area contributed by atoms with Crippen molar-refractivity contribution in [3.63, 3.8) is 0 Å². The van der Waals surface area contributed by atoms with Gasteiger partial charge in [-0.2, -0.15) is 0 Å². The first-order valence-corrected chi connectivity index (χ1v) is 9.80. The van der Waals surface area contributed by atoms with E-state index in [0.717, 1.165) is 37.5 Å². The third-order valence-corrected chi connectivity index (χ3v) is 5.78. The molecule has 2 aliphatic rings. The van der Waals surface area contributed by atoms with Crippen LogP contribution >= 0.6 is 0 Å². The average Bonchev–Trinajstić information content (AvgIpc) is 3.12. The molecule has 3 rings (SSSR count). The standard InChI is InChI=1S/C21H31N3O3/c1-15(2)20(25)24-13-18(16-6-5-7-17(12-16)27-4)19(14-24)21(26)23-10-8-22(3)9-11-23/h5-7,12,15,18-19H,8-11,13-14H2,1-4H3. The van der Waals surface area contributed by atoms with Gasteiger partial charge in [0.05, 0.1) is 13.0 Å². The van der Waals surface area contributed by atoms with Crippen molar-refractivity contribution in [3.05, 3.63) is 29.8 Å². The summed E-state index contributed by atoms with van der Waals surface area (Å²) in [5, 5.41) is 0. The lowest BCUT2D eigenvalue weighted by Crippen LogP contribution is -2.50. The van der Waals surface area contributed by atoms with Crippen molar-refractivity contribution in [1.29, 1.82) is 0 Å². The number of methoxy groups -OCH3 is 1. The number of carbonyl (C=O) groups excluding carboxylic acids is 2. The Balaban J connectivity index is 1.84. The molecule has 0 radical (unpaired) electrons. The molecule has 0 spiro atoms. The van der Waals surface area contributed by atoms with E-state index in [1.165, 1.54) is 0 Å². The van der Waals surface area contributed by atoms with Gasteiger partial charge in [-0.25, -0.2) is 0 Å². The Hall–Kier alpha value is -2.08.